The molecule has 3 heteroatoms. The van der Waals surface area contributed by atoms with Crippen molar-refractivity contribution >= 4 is 0 Å². The second-order valence-corrected chi connectivity index (χ2v) is 5.71. The summed E-state index contributed by atoms with van der Waals surface area (Å²) in [6, 6.07) is 15.0. The third-order valence-corrected chi connectivity index (χ3v) is 4.42. The smallest absolute Gasteiger partial charge is 0.165 e. The number of methoxy groups -OCH3 is 1. The third kappa shape index (κ3) is 2.66. The first-order valence-corrected chi connectivity index (χ1v) is 7.22. The van der Waals surface area contributed by atoms with Gasteiger partial charge in [0.15, 0.2) is 11.6 Å². The highest BCUT2D eigenvalue weighted by molar-refractivity contribution is 5.35. The molecule has 0 aliphatic heterocycles. The molecule has 2 nitrogen and oxygen atoms in total. The highest BCUT2D eigenvalue weighted by Gasteiger charge is 2.49. The predicted octanol–water partition coefficient (Wildman–Crippen LogP) is 3.47. The largest absolute Gasteiger partial charge is 0.494 e. The van der Waals surface area contributed by atoms with E-state index < -0.39 is 6.10 Å². The molecule has 0 saturated heterocycles. The second kappa shape index (κ2) is 5.49. The summed E-state index contributed by atoms with van der Waals surface area (Å²) in [7, 11) is 1.45. The Morgan fingerprint density at radius 2 is 1.90 bits per heavy atom. The van der Waals surface area contributed by atoms with E-state index in [1.54, 1.807) is 6.07 Å². The first-order valence-electron chi connectivity index (χ1n) is 7.22. The molecule has 0 amide bonds. The lowest BCUT2D eigenvalue weighted by Gasteiger charge is -2.23. The molecule has 0 spiro atoms. The number of hydrogen-bond donors (Lipinski definition) is 1. The minimum atomic E-state index is -0.493. The molecule has 21 heavy (non-hydrogen) atoms. The third-order valence-electron chi connectivity index (χ3n) is 4.42. The molecule has 0 aromatic heterocycles. The first kappa shape index (κ1) is 14.1. The van der Waals surface area contributed by atoms with Crippen LogP contribution in [0.3, 0.4) is 0 Å². The Hall–Kier alpha value is -1.87. The van der Waals surface area contributed by atoms with Crippen molar-refractivity contribution in [2.45, 2.75) is 30.8 Å². The van der Waals surface area contributed by atoms with Gasteiger partial charge in [-0.15, -0.1) is 0 Å². The second-order valence-electron chi connectivity index (χ2n) is 5.71. The summed E-state index contributed by atoms with van der Waals surface area (Å²) in [5, 5.41) is 10.6. The summed E-state index contributed by atoms with van der Waals surface area (Å²) in [6.45, 7) is 0. The maximum atomic E-state index is 13.7. The van der Waals surface area contributed by atoms with Gasteiger partial charge in [-0.1, -0.05) is 36.4 Å². The fourth-order valence-corrected chi connectivity index (χ4v) is 2.97. The summed E-state index contributed by atoms with van der Waals surface area (Å²) in [6.07, 6.45) is 1.93. The lowest BCUT2D eigenvalue weighted by Crippen LogP contribution is -2.28. The van der Waals surface area contributed by atoms with Gasteiger partial charge >= 0.3 is 0 Å². The number of rotatable bonds is 5. The zero-order valence-corrected chi connectivity index (χ0v) is 12.1. The summed E-state index contributed by atoms with van der Waals surface area (Å²) in [5.74, 6) is -0.149. The van der Waals surface area contributed by atoms with E-state index in [1.807, 2.05) is 24.3 Å². The highest BCUT2D eigenvalue weighted by Crippen LogP contribution is 2.51. The fraction of sp³-hybridized carbons (Fsp3) is 0.333. The van der Waals surface area contributed by atoms with E-state index in [1.165, 1.54) is 18.7 Å². The molecule has 2 aromatic rings. The number of aliphatic hydroxyl groups excluding tert-OH is 1. The van der Waals surface area contributed by atoms with Gasteiger partial charge in [0.05, 0.1) is 13.2 Å². The van der Waals surface area contributed by atoms with Crippen LogP contribution in [0.4, 0.5) is 4.39 Å². The van der Waals surface area contributed by atoms with Gasteiger partial charge in [-0.3, -0.25) is 0 Å². The Morgan fingerprint density at radius 1 is 1.19 bits per heavy atom. The van der Waals surface area contributed by atoms with Crippen molar-refractivity contribution in [2.75, 3.05) is 7.11 Å². The van der Waals surface area contributed by atoms with Crippen LogP contribution in [0.15, 0.2) is 48.5 Å². The topological polar surface area (TPSA) is 29.5 Å². The van der Waals surface area contributed by atoms with E-state index in [0.717, 1.165) is 18.4 Å². The van der Waals surface area contributed by atoms with Crippen LogP contribution in [0.25, 0.3) is 0 Å². The Kier molecular flexibility index (Phi) is 3.68. The SMILES string of the molecule is COc1ccc(CC(O)C2(c3ccccc3)CC2)cc1F. The standard InChI is InChI=1S/C18H19FO2/c1-21-16-8-7-13(11-15(16)19)12-17(20)18(9-10-18)14-5-3-2-4-6-14/h2-8,11,17,20H,9-10,12H2,1H3. The summed E-state index contributed by atoms with van der Waals surface area (Å²) in [4.78, 5) is 0. The molecule has 0 radical (unpaired) electrons. The van der Waals surface area contributed by atoms with Crippen molar-refractivity contribution in [1.82, 2.24) is 0 Å². The molecule has 1 N–H and O–H groups in total. The monoisotopic (exact) mass is 286 g/mol. The van der Waals surface area contributed by atoms with Crippen molar-refractivity contribution < 1.29 is 14.2 Å². The Labute approximate surface area is 124 Å². The lowest BCUT2D eigenvalue weighted by molar-refractivity contribution is 0.131. The van der Waals surface area contributed by atoms with Crippen LogP contribution in [-0.2, 0) is 11.8 Å². The minimum Gasteiger partial charge on any atom is -0.494 e. The zero-order chi connectivity index (χ0) is 14.9. The number of aliphatic hydroxyl groups is 1. The van der Waals surface area contributed by atoms with Gasteiger partial charge in [-0.05, 0) is 42.5 Å². The molecule has 1 saturated carbocycles. The van der Waals surface area contributed by atoms with Crippen molar-refractivity contribution in [2.24, 2.45) is 0 Å². The molecular weight excluding hydrogens is 267 g/mol. The van der Waals surface area contributed by atoms with Crippen molar-refractivity contribution in [3.63, 3.8) is 0 Å². The van der Waals surface area contributed by atoms with Crippen molar-refractivity contribution in [3.05, 3.63) is 65.5 Å². The molecule has 3 rings (SSSR count). The summed E-state index contributed by atoms with van der Waals surface area (Å²) < 4.78 is 18.6. The van der Waals surface area contributed by atoms with Gasteiger partial charge in [0.1, 0.15) is 0 Å². The Bertz CT molecular complexity index is 620. The van der Waals surface area contributed by atoms with E-state index in [4.69, 9.17) is 4.74 Å². The Balaban J connectivity index is 1.78. The first-order chi connectivity index (χ1) is 10.2. The van der Waals surface area contributed by atoms with Gasteiger partial charge in [-0.2, -0.15) is 0 Å². The number of halogens is 1. The van der Waals surface area contributed by atoms with E-state index in [0.29, 0.717) is 6.42 Å². The maximum Gasteiger partial charge on any atom is 0.165 e. The number of ether oxygens (including phenoxy) is 1. The normalized spacial score (nSPS) is 17.3. The Morgan fingerprint density at radius 3 is 2.48 bits per heavy atom. The molecule has 1 fully saturated rings. The maximum absolute atomic E-state index is 13.7. The van der Waals surface area contributed by atoms with Crippen molar-refractivity contribution in [3.8, 4) is 5.75 Å². The molecule has 1 unspecified atom stereocenters. The van der Waals surface area contributed by atoms with Crippen molar-refractivity contribution in [1.29, 1.82) is 0 Å². The molecule has 1 aliphatic rings. The fourth-order valence-electron chi connectivity index (χ4n) is 2.97. The van der Waals surface area contributed by atoms with Crippen LogP contribution in [0, 0.1) is 5.82 Å². The van der Waals surface area contributed by atoms with Gasteiger partial charge in [0.2, 0.25) is 0 Å². The average molecular weight is 286 g/mol. The molecule has 110 valence electrons. The number of benzene rings is 2. The van der Waals surface area contributed by atoms with Crippen LogP contribution in [0.5, 0.6) is 5.75 Å². The van der Waals surface area contributed by atoms with Crippen LogP contribution in [-0.4, -0.2) is 18.3 Å². The van der Waals surface area contributed by atoms with Gasteiger partial charge in [-0.25, -0.2) is 4.39 Å². The van der Waals surface area contributed by atoms with E-state index in [9.17, 15) is 9.50 Å². The molecule has 0 heterocycles. The van der Waals surface area contributed by atoms with Crippen LogP contribution < -0.4 is 4.74 Å². The van der Waals surface area contributed by atoms with Crippen LogP contribution in [0.1, 0.15) is 24.0 Å². The van der Waals surface area contributed by atoms with Gasteiger partial charge < -0.3 is 9.84 Å². The molecule has 0 bridgehead atoms. The molecular formula is C18H19FO2. The summed E-state index contributed by atoms with van der Waals surface area (Å²) >= 11 is 0. The van der Waals surface area contributed by atoms with E-state index in [2.05, 4.69) is 12.1 Å². The quantitative estimate of drug-likeness (QED) is 0.912. The van der Waals surface area contributed by atoms with Crippen LogP contribution in [0.2, 0.25) is 0 Å². The van der Waals surface area contributed by atoms with Gasteiger partial charge in [0, 0.05) is 5.41 Å². The van der Waals surface area contributed by atoms with Crippen LogP contribution >= 0.6 is 0 Å². The summed E-state index contributed by atoms with van der Waals surface area (Å²) in [5.41, 5.74) is 1.81. The van der Waals surface area contributed by atoms with E-state index in [-0.39, 0.29) is 17.0 Å². The molecule has 1 atom stereocenters. The highest BCUT2D eigenvalue weighted by atomic mass is 19.1. The molecule has 1 aliphatic carbocycles. The molecule has 2 aromatic carbocycles. The lowest BCUT2D eigenvalue weighted by atomic mass is 9.86. The number of hydrogen-bond acceptors (Lipinski definition) is 2. The zero-order valence-electron chi connectivity index (χ0n) is 12.1. The van der Waals surface area contributed by atoms with Gasteiger partial charge in [0.25, 0.3) is 0 Å². The average Bonchev–Trinajstić information content (AvgIpc) is 3.30. The van der Waals surface area contributed by atoms with E-state index >= 15 is 0 Å². The minimum absolute atomic E-state index is 0.155. The predicted molar refractivity (Wildman–Crippen MR) is 80.0 cm³/mol.